The molecule has 0 amide bonds. The Labute approximate surface area is 128 Å². The van der Waals surface area contributed by atoms with Crippen LogP contribution in [0.15, 0.2) is 49.4 Å². The lowest BCUT2D eigenvalue weighted by molar-refractivity contribution is 0.480. The van der Waals surface area contributed by atoms with Gasteiger partial charge < -0.3 is 8.75 Å². The van der Waals surface area contributed by atoms with Crippen LogP contribution in [0.5, 0.6) is 5.75 Å². The molecule has 0 radical (unpaired) electrons. The van der Waals surface area contributed by atoms with Crippen molar-refractivity contribution in [1.29, 1.82) is 0 Å². The molecule has 0 saturated heterocycles. The van der Waals surface area contributed by atoms with Gasteiger partial charge in [0, 0.05) is 24.8 Å². The van der Waals surface area contributed by atoms with E-state index >= 15 is 0 Å². The van der Waals surface area contributed by atoms with Crippen molar-refractivity contribution < 1.29 is 12.6 Å². The second-order valence-corrected chi connectivity index (χ2v) is 6.68. The van der Waals surface area contributed by atoms with Crippen molar-refractivity contribution in [1.82, 2.24) is 9.13 Å². The minimum atomic E-state index is -4.34. The summed E-state index contributed by atoms with van der Waals surface area (Å²) in [6, 6.07) is 6.18. The fraction of sp³-hybridized carbons (Fsp3) is 0.167. The fourth-order valence-corrected chi connectivity index (χ4v) is 3.10. The third-order valence-electron chi connectivity index (χ3n) is 2.69. The summed E-state index contributed by atoms with van der Waals surface area (Å²) < 4.78 is 31.6. The molecule has 1 aromatic heterocycles. The Hall–Kier alpha value is -1.87. The highest BCUT2D eigenvalue weighted by Gasteiger charge is 2.23. The van der Waals surface area contributed by atoms with E-state index in [1.54, 1.807) is 12.1 Å². The van der Waals surface area contributed by atoms with Gasteiger partial charge in [-0.15, -0.1) is 0 Å². The van der Waals surface area contributed by atoms with Crippen molar-refractivity contribution in [2.24, 2.45) is 14.1 Å². The molecule has 0 aliphatic rings. The van der Waals surface area contributed by atoms with Crippen LogP contribution in [0.3, 0.4) is 0 Å². The Balaban J connectivity index is 2.56. The lowest BCUT2D eigenvalue weighted by Gasteiger charge is -2.09. The molecule has 0 saturated carbocycles. The van der Waals surface area contributed by atoms with E-state index in [4.69, 9.17) is 4.18 Å². The molecule has 0 fully saturated rings. The van der Waals surface area contributed by atoms with E-state index in [-0.39, 0.29) is 5.75 Å². The molecule has 9 heteroatoms. The first kappa shape index (κ1) is 15.5. The van der Waals surface area contributed by atoms with Gasteiger partial charge in [0.1, 0.15) is 5.75 Å². The second-order valence-electron chi connectivity index (χ2n) is 4.25. The molecule has 0 spiro atoms. The average molecular weight is 375 g/mol. The van der Waals surface area contributed by atoms with E-state index in [2.05, 4.69) is 15.9 Å². The largest absolute Gasteiger partial charge is 0.379 e. The summed E-state index contributed by atoms with van der Waals surface area (Å²) in [6.45, 7) is 0. The lowest BCUT2D eigenvalue weighted by Crippen LogP contribution is -2.39. The third kappa shape index (κ3) is 3.08. The molecule has 21 heavy (non-hydrogen) atoms. The molecule has 2 rings (SSSR count). The molecular weight excluding hydrogens is 364 g/mol. The Morgan fingerprint density at radius 2 is 1.86 bits per heavy atom. The van der Waals surface area contributed by atoms with Crippen LogP contribution in [-0.2, 0) is 24.2 Å². The maximum atomic E-state index is 12.2. The van der Waals surface area contributed by atoms with Gasteiger partial charge in [0.05, 0.1) is 0 Å². The maximum Gasteiger partial charge on any atom is 0.346 e. The Morgan fingerprint density at radius 1 is 1.19 bits per heavy atom. The highest BCUT2D eigenvalue weighted by molar-refractivity contribution is 9.10. The summed E-state index contributed by atoms with van der Waals surface area (Å²) in [5.74, 6) is 0.0558. The van der Waals surface area contributed by atoms with Crippen LogP contribution in [0, 0.1) is 0 Å². The van der Waals surface area contributed by atoms with Crippen LogP contribution < -0.4 is 15.4 Å². The number of hydrogen-bond acceptors (Lipinski definition) is 5. The molecule has 0 bridgehead atoms. The zero-order valence-electron chi connectivity index (χ0n) is 11.1. The predicted octanol–water partition coefficient (Wildman–Crippen LogP) is 0.614. The molecule has 0 atom stereocenters. The van der Waals surface area contributed by atoms with E-state index in [9.17, 15) is 18.0 Å². The van der Waals surface area contributed by atoms with E-state index in [1.165, 1.54) is 26.2 Å². The fourth-order valence-electron chi connectivity index (χ4n) is 1.64. The first-order valence-corrected chi connectivity index (χ1v) is 7.89. The summed E-state index contributed by atoms with van der Waals surface area (Å²) in [5, 5.41) is 0. The minimum Gasteiger partial charge on any atom is -0.379 e. The molecule has 2 aromatic rings. The standard InChI is InChI=1S/C12H11BrN2O5S/c1-14-7-10(11(16)15(2)12(14)17)21(18,19)20-9-5-3-4-8(13)6-9/h3-7H,1-2H3. The van der Waals surface area contributed by atoms with E-state index < -0.39 is 26.3 Å². The number of aromatic nitrogens is 2. The lowest BCUT2D eigenvalue weighted by atomic mass is 10.3. The number of benzene rings is 1. The van der Waals surface area contributed by atoms with Crippen LogP contribution >= 0.6 is 15.9 Å². The van der Waals surface area contributed by atoms with Crippen molar-refractivity contribution in [3.05, 3.63) is 55.8 Å². The van der Waals surface area contributed by atoms with Crippen molar-refractivity contribution in [3.8, 4) is 5.75 Å². The summed E-state index contributed by atoms with van der Waals surface area (Å²) >= 11 is 3.19. The van der Waals surface area contributed by atoms with Gasteiger partial charge in [-0.2, -0.15) is 8.42 Å². The van der Waals surface area contributed by atoms with E-state index in [0.29, 0.717) is 9.04 Å². The molecule has 0 unspecified atom stereocenters. The Bertz CT molecular complexity index is 914. The molecule has 1 heterocycles. The first-order chi connectivity index (χ1) is 9.72. The zero-order chi connectivity index (χ0) is 15.8. The van der Waals surface area contributed by atoms with Gasteiger partial charge in [-0.1, -0.05) is 22.0 Å². The highest BCUT2D eigenvalue weighted by Crippen LogP contribution is 2.20. The van der Waals surface area contributed by atoms with Gasteiger partial charge in [-0.05, 0) is 18.2 Å². The van der Waals surface area contributed by atoms with Crippen molar-refractivity contribution in [2.75, 3.05) is 0 Å². The second kappa shape index (κ2) is 5.49. The van der Waals surface area contributed by atoms with Crippen molar-refractivity contribution in [2.45, 2.75) is 4.90 Å². The monoisotopic (exact) mass is 374 g/mol. The topological polar surface area (TPSA) is 87.4 Å². The van der Waals surface area contributed by atoms with Gasteiger partial charge in [0.2, 0.25) is 0 Å². The van der Waals surface area contributed by atoms with Gasteiger partial charge in [-0.25, -0.2) is 4.79 Å². The summed E-state index contributed by atoms with van der Waals surface area (Å²) in [4.78, 5) is 22.9. The molecular formula is C12H11BrN2O5S. The number of nitrogens with zero attached hydrogens (tertiary/aromatic N) is 2. The van der Waals surface area contributed by atoms with Gasteiger partial charge in [-0.3, -0.25) is 9.36 Å². The summed E-state index contributed by atoms with van der Waals surface area (Å²) in [5.41, 5.74) is -1.56. The van der Waals surface area contributed by atoms with Crippen LogP contribution in [0.2, 0.25) is 0 Å². The van der Waals surface area contributed by atoms with Crippen LogP contribution in [0.4, 0.5) is 0 Å². The van der Waals surface area contributed by atoms with E-state index in [1.807, 2.05) is 0 Å². The van der Waals surface area contributed by atoms with Crippen molar-refractivity contribution in [3.63, 3.8) is 0 Å². The molecule has 112 valence electrons. The molecule has 0 N–H and O–H groups in total. The quantitative estimate of drug-likeness (QED) is 0.734. The summed E-state index contributed by atoms with van der Waals surface area (Å²) in [6.07, 6.45) is 0.942. The maximum absolute atomic E-state index is 12.2. The minimum absolute atomic E-state index is 0.0558. The highest BCUT2D eigenvalue weighted by atomic mass is 79.9. The number of rotatable bonds is 3. The Morgan fingerprint density at radius 3 is 2.48 bits per heavy atom. The SMILES string of the molecule is Cn1cc(S(=O)(=O)Oc2cccc(Br)c2)c(=O)n(C)c1=O. The van der Waals surface area contributed by atoms with Gasteiger partial charge in [0.15, 0.2) is 4.90 Å². The smallest absolute Gasteiger partial charge is 0.346 e. The molecule has 0 aliphatic heterocycles. The molecule has 7 nitrogen and oxygen atoms in total. The number of halogens is 1. The summed E-state index contributed by atoms with van der Waals surface area (Å²) in [7, 11) is -1.79. The van der Waals surface area contributed by atoms with Crippen molar-refractivity contribution >= 4 is 26.0 Å². The van der Waals surface area contributed by atoms with E-state index in [0.717, 1.165) is 10.8 Å². The van der Waals surface area contributed by atoms with Crippen LogP contribution in [0.25, 0.3) is 0 Å². The van der Waals surface area contributed by atoms with Gasteiger partial charge >= 0.3 is 15.8 Å². The number of hydrogen-bond donors (Lipinski definition) is 0. The average Bonchev–Trinajstić information content (AvgIpc) is 2.40. The first-order valence-electron chi connectivity index (χ1n) is 5.69. The third-order valence-corrected chi connectivity index (χ3v) is 4.41. The predicted molar refractivity (Wildman–Crippen MR) is 78.9 cm³/mol. The Kier molecular flexibility index (Phi) is 4.06. The van der Waals surface area contributed by atoms with Gasteiger partial charge in [0.25, 0.3) is 5.56 Å². The van der Waals surface area contributed by atoms with Crippen LogP contribution in [-0.4, -0.2) is 17.6 Å². The normalized spacial score (nSPS) is 11.4. The van der Waals surface area contributed by atoms with Crippen LogP contribution in [0.1, 0.15) is 0 Å². The molecule has 1 aromatic carbocycles. The molecule has 0 aliphatic carbocycles. The zero-order valence-corrected chi connectivity index (χ0v) is 13.5. The number of aryl methyl sites for hydroxylation is 1.